The lowest BCUT2D eigenvalue weighted by atomic mass is 10.4. The molecule has 0 aliphatic heterocycles. The Morgan fingerprint density at radius 3 is 2.00 bits per heavy atom. The van der Waals surface area contributed by atoms with E-state index in [2.05, 4.69) is 24.8 Å². The maximum Gasteiger partial charge on any atom is 0.330 e. The number of esters is 1. The fourth-order valence-electron chi connectivity index (χ4n) is 0.360. The van der Waals surface area contributed by atoms with Crippen LogP contribution in [0.25, 0.3) is 0 Å². The monoisotopic (exact) mass is 255 g/mol. The van der Waals surface area contributed by atoms with Gasteiger partial charge in [0.1, 0.15) is 0 Å². The standard InChI is InChI=1S/C6H12O2.C4H6O2.C3H3N/c1-3-4-5-8-6(2)7;1-3(2)4(5)6;1-2-3-4/h3-5H2,1-2H3;1H2,2H3,(H,5,6);2H,1H2. The molecule has 0 aromatic rings. The van der Waals surface area contributed by atoms with E-state index in [0.717, 1.165) is 12.8 Å². The summed E-state index contributed by atoms with van der Waals surface area (Å²) in [5.74, 6) is -1.12. The maximum atomic E-state index is 10.1. The van der Waals surface area contributed by atoms with E-state index in [1.54, 1.807) is 6.07 Å². The van der Waals surface area contributed by atoms with Gasteiger partial charge in [-0.15, -0.1) is 0 Å². The van der Waals surface area contributed by atoms with Crippen molar-refractivity contribution < 1.29 is 19.4 Å². The highest BCUT2D eigenvalue weighted by molar-refractivity contribution is 5.84. The zero-order valence-corrected chi connectivity index (χ0v) is 11.2. The number of carbonyl (C=O) groups is 2. The van der Waals surface area contributed by atoms with Gasteiger partial charge in [-0.05, 0) is 13.3 Å². The third-order valence-corrected chi connectivity index (χ3v) is 1.26. The Bertz CT molecular complexity index is 291. The number of carboxylic acids is 1. The third kappa shape index (κ3) is 37.1. The largest absolute Gasteiger partial charge is 0.478 e. The highest BCUT2D eigenvalue weighted by atomic mass is 16.5. The van der Waals surface area contributed by atoms with Crippen LogP contribution in [-0.2, 0) is 14.3 Å². The number of hydrogen-bond donors (Lipinski definition) is 1. The molecular formula is C13H21NO4. The molecule has 0 amide bonds. The minimum absolute atomic E-state index is 0.176. The summed E-state index contributed by atoms with van der Waals surface area (Å²) in [4.78, 5) is 19.7. The van der Waals surface area contributed by atoms with Gasteiger partial charge in [0, 0.05) is 18.6 Å². The van der Waals surface area contributed by atoms with Crippen molar-refractivity contribution >= 4 is 11.9 Å². The normalized spacial score (nSPS) is 7.22. The minimum Gasteiger partial charge on any atom is -0.478 e. The van der Waals surface area contributed by atoms with Crippen LogP contribution < -0.4 is 0 Å². The van der Waals surface area contributed by atoms with Gasteiger partial charge < -0.3 is 9.84 Å². The second kappa shape index (κ2) is 17.3. The smallest absolute Gasteiger partial charge is 0.330 e. The molecule has 5 nitrogen and oxygen atoms in total. The molecule has 0 rings (SSSR count). The molecule has 0 saturated carbocycles. The summed E-state index contributed by atoms with van der Waals surface area (Å²) in [6.45, 7) is 11.8. The first-order chi connectivity index (χ1) is 8.33. The quantitative estimate of drug-likeness (QED) is 0.361. The molecule has 0 radical (unpaired) electrons. The van der Waals surface area contributed by atoms with E-state index in [9.17, 15) is 9.59 Å². The predicted molar refractivity (Wildman–Crippen MR) is 69.8 cm³/mol. The zero-order chi connectivity index (χ0) is 15.0. The Morgan fingerprint density at radius 1 is 1.44 bits per heavy atom. The molecular weight excluding hydrogens is 234 g/mol. The molecule has 0 bridgehead atoms. The highest BCUT2D eigenvalue weighted by Gasteiger charge is 1.90. The summed E-state index contributed by atoms with van der Waals surface area (Å²) < 4.78 is 4.64. The molecule has 0 aromatic heterocycles. The highest BCUT2D eigenvalue weighted by Crippen LogP contribution is 1.86. The van der Waals surface area contributed by atoms with Gasteiger partial charge in [-0.1, -0.05) is 26.5 Å². The van der Waals surface area contributed by atoms with E-state index >= 15 is 0 Å². The number of nitriles is 1. The molecule has 0 aliphatic carbocycles. The van der Waals surface area contributed by atoms with Gasteiger partial charge in [-0.25, -0.2) is 4.79 Å². The molecule has 18 heavy (non-hydrogen) atoms. The number of hydrogen-bond acceptors (Lipinski definition) is 4. The van der Waals surface area contributed by atoms with Crippen LogP contribution in [0.4, 0.5) is 0 Å². The van der Waals surface area contributed by atoms with Gasteiger partial charge in [0.25, 0.3) is 0 Å². The number of aliphatic carboxylic acids is 1. The minimum atomic E-state index is -0.935. The lowest BCUT2D eigenvalue weighted by Crippen LogP contribution is -1.99. The van der Waals surface area contributed by atoms with Crippen molar-refractivity contribution in [1.29, 1.82) is 5.26 Å². The van der Waals surface area contributed by atoms with Crippen LogP contribution in [0.5, 0.6) is 0 Å². The number of rotatable bonds is 4. The summed E-state index contributed by atoms with van der Waals surface area (Å²) in [7, 11) is 0. The molecule has 0 saturated heterocycles. The van der Waals surface area contributed by atoms with E-state index in [0.29, 0.717) is 6.61 Å². The van der Waals surface area contributed by atoms with E-state index in [1.807, 2.05) is 0 Å². The fraction of sp³-hybridized carbons (Fsp3) is 0.462. The summed E-state index contributed by atoms with van der Waals surface area (Å²) in [5, 5.41) is 15.4. The number of allylic oxidation sites excluding steroid dienone is 1. The van der Waals surface area contributed by atoms with Gasteiger partial charge in [0.05, 0.1) is 12.7 Å². The lowest BCUT2D eigenvalue weighted by molar-refractivity contribution is -0.141. The van der Waals surface area contributed by atoms with Crippen LogP contribution in [0, 0.1) is 11.3 Å². The molecule has 0 unspecified atom stereocenters. The van der Waals surface area contributed by atoms with Crippen molar-refractivity contribution in [2.24, 2.45) is 0 Å². The Kier molecular flexibility index (Phi) is 20.4. The van der Waals surface area contributed by atoms with Crippen LogP contribution in [0.15, 0.2) is 24.8 Å². The first-order valence-corrected chi connectivity index (χ1v) is 5.36. The molecule has 0 atom stereocenters. The van der Waals surface area contributed by atoms with Crippen LogP contribution in [-0.4, -0.2) is 23.7 Å². The SMILES string of the molecule is C=C(C)C(=O)O.C=CC#N.CCCCOC(C)=O. The van der Waals surface area contributed by atoms with Gasteiger partial charge in [0.2, 0.25) is 0 Å². The van der Waals surface area contributed by atoms with Crippen molar-refractivity contribution in [1.82, 2.24) is 0 Å². The van der Waals surface area contributed by atoms with Crippen LogP contribution >= 0.6 is 0 Å². The van der Waals surface area contributed by atoms with Crippen molar-refractivity contribution in [3.05, 3.63) is 24.8 Å². The van der Waals surface area contributed by atoms with Gasteiger partial charge in [-0.3, -0.25) is 4.79 Å². The maximum absolute atomic E-state index is 10.1. The number of nitrogens with zero attached hydrogens (tertiary/aromatic N) is 1. The van der Waals surface area contributed by atoms with E-state index in [-0.39, 0.29) is 11.5 Å². The molecule has 0 aliphatic rings. The molecule has 102 valence electrons. The van der Waals surface area contributed by atoms with E-state index in [1.165, 1.54) is 19.9 Å². The molecule has 0 aromatic carbocycles. The van der Waals surface area contributed by atoms with Crippen LogP contribution in [0.3, 0.4) is 0 Å². The van der Waals surface area contributed by atoms with Crippen LogP contribution in [0.2, 0.25) is 0 Å². The zero-order valence-electron chi connectivity index (χ0n) is 11.2. The Labute approximate surface area is 108 Å². The molecule has 1 N–H and O–H groups in total. The number of unbranched alkanes of at least 4 members (excludes halogenated alkanes) is 1. The molecule has 5 heteroatoms. The summed E-state index contributed by atoms with van der Waals surface area (Å²) >= 11 is 0. The Hall–Kier alpha value is -2.09. The van der Waals surface area contributed by atoms with Gasteiger partial charge in [-0.2, -0.15) is 5.26 Å². The summed E-state index contributed by atoms with van der Waals surface area (Å²) in [6.07, 6.45) is 3.23. The van der Waals surface area contributed by atoms with E-state index < -0.39 is 5.97 Å². The predicted octanol–water partition coefficient (Wildman–Crippen LogP) is 2.69. The first kappa shape index (κ1) is 21.2. The van der Waals surface area contributed by atoms with Crippen LogP contribution in [0.1, 0.15) is 33.6 Å². The van der Waals surface area contributed by atoms with Crippen molar-refractivity contribution in [3.8, 4) is 6.07 Å². The van der Waals surface area contributed by atoms with Crippen molar-refractivity contribution in [3.63, 3.8) is 0 Å². The van der Waals surface area contributed by atoms with E-state index in [4.69, 9.17) is 10.4 Å². The van der Waals surface area contributed by atoms with Gasteiger partial charge in [0.15, 0.2) is 0 Å². The van der Waals surface area contributed by atoms with Crippen molar-refractivity contribution in [2.45, 2.75) is 33.6 Å². The lowest BCUT2D eigenvalue weighted by Gasteiger charge is -1.96. The Balaban J connectivity index is -0.000000200. The summed E-state index contributed by atoms with van der Waals surface area (Å²) in [5.41, 5.74) is 0.176. The molecule has 0 fully saturated rings. The van der Waals surface area contributed by atoms with Crippen molar-refractivity contribution in [2.75, 3.05) is 6.61 Å². The third-order valence-electron chi connectivity index (χ3n) is 1.26. The second-order valence-electron chi connectivity index (χ2n) is 3.11. The van der Waals surface area contributed by atoms with Gasteiger partial charge >= 0.3 is 11.9 Å². The summed E-state index contributed by atoms with van der Waals surface area (Å²) in [6, 6.07) is 1.69. The topological polar surface area (TPSA) is 87.4 Å². The Morgan fingerprint density at radius 2 is 1.83 bits per heavy atom. The number of carboxylic acid groups (broad SMARTS) is 1. The second-order valence-corrected chi connectivity index (χ2v) is 3.11. The average Bonchev–Trinajstić information content (AvgIpc) is 2.30. The molecule has 0 spiro atoms. The fourth-order valence-corrected chi connectivity index (χ4v) is 0.360. The first-order valence-electron chi connectivity index (χ1n) is 5.36. The number of carbonyl (C=O) groups excluding carboxylic acids is 1. The number of ether oxygens (including phenoxy) is 1. The molecule has 0 heterocycles. The average molecular weight is 255 g/mol.